The third-order valence-corrected chi connectivity index (χ3v) is 3.76. The largest absolute Gasteiger partial charge is 0.489 e. The van der Waals surface area contributed by atoms with Gasteiger partial charge in [-0.25, -0.2) is 4.79 Å². The van der Waals surface area contributed by atoms with E-state index < -0.39 is 5.60 Å². The number of benzene rings is 2. The Kier molecular flexibility index (Phi) is 7.67. The Bertz CT molecular complexity index is 710. The standard InChI is InChI=1S/C22H29NO4/c1-22(2,3)27-21(25)23(13-8-14-24)16-19-11-7-12-20(15-19)26-17-18-9-5-4-6-10-18/h4-7,9-12,15,24H,8,13-14,16-17H2,1-3H3. The second-order valence-corrected chi connectivity index (χ2v) is 7.40. The number of aliphatic hydroxyl groups is 1. The fourth-order valence-corrected chi connectivity index (χ4v) is 2.52. The Labute approximate surface area is 161 Å². The summed E-state index contributed by atoms with van der Waals surface area (Å²) in [6.45, 7) is 6.87. The molecule has 146 valence electrons. The van der Waals surface area contributed by atoms with Gasteiger partial charge >= 0.3 is 6.09 Å². The summed E-state index contributed by atoms with van der Waals surface area (Å²) < 4.78 is 11.3. The lowest BCUT2D eigenvalue weighted by Crippen LogP contribution is -2.37. The van der Waals surface area contributed by atoms with Crippen LogP contribution in [-0.2, 0) is 17.9 Å². The zero-order chi connectivity index (χ0) is 19.7. The van der Waals surface area contributed by atoms with Crippen molar-refractivity contribution in [1.29, 1.82) is 0 Å². The van der Waals surface area contributed by atoms with Gasteiger partial charge in [0.15, 0.2) is 0 Å². The fourth-order valence-electron chi connectivity index (χ4n) is 2.52. The predicted octanol–water partition coefficient (Wildman–Crippen LogP) is 4.39. The molecule has 0 aliphatic rings. The zero-order valence-corrected chi connectivity index (χ0v) is 16.4. The molecule has 2 rings (SSSR count). The summed E-state index contributed by atoms with van der Waals surface area (Å²) in [4.78, 5) is 14.1. The Morgan fingerprint density at radius 3 is 2.41 bits per heavy atom. The van der Waals surface area contributed by atoms with Gasteiger partial charge in [0, 0.05) is 19.7 Å². The second-order valence-electron chi connectivity index (χ2n) is 7.40. The van der Waals surface area contributed by atoms with Crippen LogP contribution in [0.4, 0.5) is 4.79 Å². The molecule has 1 N–H and O–H groups in total. The van der Waals surface area contributed by atoms with Crippen LogP contribution in [0.3, 0.4) is 0 Å². The van der Waals surface area contributed by atoms with Crippen molar-refractivity contribution in [3.63, 3.8) is 0 Å². The molecular formula is C22H29NO4. The molecule has 0 heterocycles. The topological polar surface area (TPSA) is 59.0 Å². The van der Waals surface area contributed by atoms with E-state index in [9.17, 15) is 4.79 Å². The van der Waals surface area contributed by atoms with Crippen LogP contribution in [0.5, 0.6) is 5.75 Å². The molecule has 0 atom stereocenters. The average Bonchev–Trinajstić information content (AvgIpc) is 2.63. The lowest BCUT2D eigenvalue weighted by Gasteiger charge is -2.27. The first-order valence-electron chi connectivity index (χ1n) is 9.22. The highest BCUT2D eigenvalue weighted by molar-refractivity contribution is 5.68. The van der Waals surface area contributed by atoms with Crippen LogP contribution in [-0.4, -0.2) is 34.9 Å². The number of carbonyl (C=O) groups is 1. The third-order valence-electron chi connectivity index (χ3n) is 3.76. The van der Waals surface area contributed by atoms with Crippen LogP contribution in [0.1, 0.15) is 38.3 Å². The highest BCUT2D eigenvalue weighted by Crippen LogP contribution is 2.18. The van der Waals surface area contributed by atoms with Gasteiger partial charge in [0.1, 0.15) is 18.0 Å². The highest BCUT2D eigenvalue weighted by atomic mass is 16.6. The molecule has 2 aromatic carbocycles. The molecular weight excluding hydrogens is 342 g/mol. The molecule has 1 amide bonds. The van der Waals surface area contributed by atoms with Crippen LogP contribution >= 0.6 is 0 Å². The minimum absolute atomic E-state index is 0.0273. The van der Waals surface area contributed by atoms with Crippen molar-refractivity contribution < 1.29 is 19.4 Å². The van der Waals surface area contributed by atoms with Gasteiger partial charge in [0.05, 0.1) is 0 Å². The lowest BCUT2D eigenvalue weighted by atomic mass is 10.2. The molecule has 0 aliphatic carbocycles. The summed E-state index contributed by atoms with van der Waals surface area (Å²) in [6, 6.07) is 17.7. The van der Waals surface area contributed by atoms with E-state index in [1.54, 1.807) is 4.90 Å². The highest BCUT2D eigenvalue weighted by Gasteiger charge is 2.22. The molecule has 0 saturated heterocycles. The average molecular weight is 371 g/mol. The maximum absolute atomic E-state index is 12.5. The maximum Gasteiger partial charge on any atom is 0.410 e. The van der Waals surface area contributed by atoms with E-state index in [1.807, 2.05) is 75.4 Å². The van der Waals surface area contributed by atoms with Crippen molar-refractivity contribution >= 4 is 6.09 Å². The van der Waals surface area contributed by atoms with Gasteiger partial charge in [0.2, 0.25) is 0 Å². The summed E-state index contributed by atoms with van der Waals surface area (Å²) in [5, 5.41) is 9.12. The van der Waals surface area contributed by atoms with Gasteiger partial charge < -0.3 is 19.5 Å². The number of ether oxygens (including phenoxy) is 2. The predicted molar refractivity (Wildman–Crippen MR) is 106 cm³/mol. The SMILES string of the molecule is CC(C)(C)OC(=O)N(CCCO)Cc1cccc(OCc2ccccc2)c1. The number of amides is 1. The first-order valence-corrected chi connectivity index (χ1v) is 9.22. The third kappa shape index (κ3) is 7.71. The first-order chi connectivity index (χ1) is 12.9. The molecule has 0 unspecified atom stereocenters. The van der Waals surface area contributed by atoms with Gasteiger partial charge in [-0.2, -0.15) is 0 Å². The fraction of sp³-hybridized carbons (Fsp3) is 0.409. The number of hydrogen-bond donors (Lipinski definition) is 1. The van der Waals surface area contributed by atoms with E-state index in [2.05, 4.69) is 0 Å². The van der Waals surface area contributed by atoms with Crippen LogP contribution in [0, 0.1) is 0 Å². The molecule has 0 bridgehead atoms. The lowest BCUT2D eigenvalue weighted by molar-refractivity contribution is 0.0223. The molecule has 0 saturated carbocycles. The molecule has 27 heavy (non-hydrogen) atoms. The Balaban J connectivity index is 2.02. The molecule has 0 spiro atoms. The minimum Gasteiger partial charge on any atom is -0.489 e. The summed E-state index contributed by atoms with van der Waals surface area (Å²) >= 11 is 0. The Morgan fingerprint density at radius 1 is 1.04 bits per heavy atom. The van der Waals surface area contributed by atoms with E-state index in [-0.39, 0.29) is 12.7 Å². The Hall–Kier alpha value is -2.53. The quantitative estimate of drug-likeness (QED) is 0.748. The molecule has 2 aromatic rings. The molecule has 0 aromatic heterocycles. The first kappa shape index (κ1) is 20.8. The van der Waals surface area contributed by atoms with Crippen LogP contribution in [0.25, 0.3) is 0 Å². The van der Waals surface area contributed by atoms with Gasteiger partial charge in [-0.1, -0.05) is 42.5 Å². The maximum atomic E-state index is 12.5. The summed E-state index contributed by atoms with van der Waals surface area (Å²) in [7, 11) is 0. The van der Waals surface area contributed by atoms with Gasteiger partial charge in [-0.05, 0) is 50.5 Å². The number of hydrogen-bond acceptors (Lipinski definition) is 4. The molecule has 0 aliphatic heterocycles. The van der Waals surface area contributed by atoms with Gasteiger partial charge in [-0.3, -0.25) is 0 Å². The van der Waals surface area contributed by atoms with Crippen molar-refractivity contribution in [2.45, 2.75) is 45.9 Å². The number of nitrogens with zero attached hydrogens (tertiary/aromatic N) is 1. The van der Waals surface area contributed by atoms with Crippen LogP contribution < -0.4 is 4.74 Å². The van der Waals surface area contributed by atoms with Crippen LogP contribution in [0.15, 0.2) is 54.6 Å². The molecule has 5 nitrogen and oxygen atoms in total. The van der Waals surface area contributed by atoms with Crippen molar-refractivity contribution in [3.05, 3.63) is 65.7 Å². The van der Waals surface area contributed by atoms with Crippen molar-refractivity contribution in [3.8, 4) is 5.75 Å². The zero-order valence-electron chi connectivity index (χ0n) is 16.4. The van der Waals surface area contributed by atoms with Crippen LogP contribution in [0.2, 0.25) is 0 Å². The van der Waals surface area contributed by atoms with Crippen molar-refractivity contribution in [1.82, 2.24) is 4.90 Å². The number of carbonyl (C=O) groups excluding carboxylic acids is 1. The smallest absolute Gasteiger partial charge is 0.410 e. The van der Waals surface area contributed by atoms with E-state index in [4.69, 9.17) is 14.6 Å². The summed E-state index contributed by atoms with van der Waals surface area (Å²) in [5.41, 5.74) is 1.49. The Morgan fingerprint density at radius 2 is 1.74 bits per heavy atom. The summed E-state index contributed by atoms with van der Waals surface area (Å²) in [6.07, 6.45) is 0.121. The minimum atomic E-state index is -0.560. The molecule has 0 fully saturated rings. The second kappa shape index (κ2) is 9.97. The molecule has 0 radical (unpaired) electrons. The summed E-state index contributed by atoms with van der Waals surface area (Å²) in [5.74, 6) is 0.752. The number of rotatable bonds is 8. The van der Waals surface area contributed by atoms with E-state index >= 15 is 0 Å². The number of aliphatic hydroxyl groups excluding tert-OH is 1. The normalized spacial score (nSPS) is 11.1. The van der Waals surface area contributed by atoms with Gasteiger partial charge in [-0.15, -0.1) is 0 Å². The monoisotopic (exact) mass is 371 g/mol. The van der Waals surface area contributed by atoms with E-state index in [0.717, 1.165) is 16.9 Å². The van der Waals surface area contributed by atoms with Gasteiger partial charge in [0.25, 0.3) is 0 Å². The molecule has 5 heteroatoms. The van der Waals surface area contributed by atoms with Crippen molar-refractivity contribution in [2.24, 2.45) is 0 Å². The van der Waals surface area contributed by atoms with E-state index in [1.165, 1.54) is 0 Å². The van der Waals surface area contributed by atoms with E-state index in [0.29, 0.717) is 26.1 Å². The van der Waals surface area contributed by atoms with Crippen molar-refractivity contribution in [2.75, 3.05) is 13.2 Å².